The number of hydrogen-bond donors (Lipinski definition) is 0. The molecule has 6 heteroatoms. The summed E-state index contributed by atoms with van der Waals surface area (Å²) < 4.78 is 19.1. The molecule has 0 aromatic heterocycles. The van der Waals surface area contributed by atoms with Crippen LogP contribution in [0.1, 0.15) is 24.0 Å². The fraction of sp³-hybridized carbons (Fsp3) is 0.250. The second-order valence-corrected chi connectivity index (χ2v) is 7.05. The fourth-order valence-corrected chi connectivity index (χ4v) is 3.68. The van der Waals surface area contributed by atoms with Gasteiger partial charge in [0.15, 0.2) is 0 Å². The smallest absolute Gasteiger partial charge is 0.410 e. The van der Waals surface area contributed by atoms with Crippen molar-refractivity contribution in [2.75, 3.05) is 6.54 Å². The highest BCUT2D eigenvalue weighted by atomic mass is 35.5. The van der Waals surface area contributed by atoms with Crippen LogP contribution in [0.3, 0.4) is 0 Å². The van der Waals surface area contributed by atoms with E-state index in [0.29, 0.717) is 35.0 Å². The van der Waals surface area contributed by atoms with E-state index in [1.54, 1.807) is 41.3 Å². The highest BCUT2D eigenvalue weighted by Gasteiger charge is 2.41. The van der Waals surface area contributed by atoms with Crippen LogP contribution in [0.4, 0.5) is 9.18 Å². The molecule has 1 fully saturated rings. The lowest BCUT2D eigenvalue weighted by atomic mass is 9.86. The molecule has 2 aromatic carbocycles. The van der Waals surface area contributed by atoms with E-state index in [1.807, 2.05) is 0 Å². The van der Waals surface area contributed by atoms with Crippen molar-refractivity contribution in [2.45, 2.75) is 25.0 Å². The number of cyclic esters (lactones) is 1. The van der Waals surface area contributed by atoms with E-state index >= 15 is 0 Å². The molecule has 1 unspecified atom stereocenters. The average Bonchev–Trinajstić information content (AvgIpc) is 2.61. The molecule has 1 amide bonds. The molecule has 0 spiro atoms. The second-order valence-electron chi connectivity index (χ2n) is 6.23. The lowest BCUT2D eigenvalue weighted by Gasteiger charge is -2.41. The largest absolute Gasteiger partial charge is 0.437 e. The van der Waals surface area contributed by atoms with Gasteiger partial charge in [-0.2, -0.15) is 0 Å². The van der Waals surface area contributed by atoms with E-state index in [-0.39, 0.29) is 12.4 Å². The third-order valence-corrected chi connectivity index (χ3v) is 5.29. The first-order valence-corrected chi connectivity index (χ1v) is 8.98. The zero-order chi connectivity index (χ0) is 18.7. The van der Waals surface area contributed by atoms with Gasteiger partial charge < -0.3 is 9.64 Å². The number of hydrogen-bond acceptors (Lipinski definition) is 2. The van der Waals surface area contributed by atoms with Gasteiger partial charge >= 0.3 is 6.09 Å². The topological polar surface area (TPSA) is 29.5 Å². The average molecular weight is 394 g/mol. The molecule has 1 aliphatic rings. The molecular formula is C20H18Cl2FNO2. The van der Waals surface area contributed by atoms with Gasteiger partial charge in [0.2, 0.25) is 0 Å². The van der Waals surface area contributed by atoms with Crippen LogP contribution in [-0.2, 0) is 16.9 Å². The van der Waals surface area contributed by atoms with Crippen molar-refractivity contribution >= 4 is 29.3 Å². The Morgan fingerprint density at radius 2 is 1.85 bits per heavy atom. The van der Waals surface area contributed by atoms with Crippen molar-refractivity contribution < 1.29 is 13.9 Å². The van der Waals surface area contributed by atoms with Crippen molar-refractivity contribution in [3.05, 3.63) is 82.1 Å². The summed E-state index contributed by atoms with van der Waals surface area (Å²) >= 11 is 12.4. The predicted octanol–water partition coefficient (Wildman–Crippen LogP) is 5.95. The van der Waals surface area contributed by atoms with Gasteiger partial charge in [-0.05, 0) is 29.8 Å². The van der Waals surface area contributed by atoms with Gasteiger partial charge in [0.25, 0.3) is 0 Å². The Kier molecular flexibility index (Phi) is 5.54. The summed E-state index contributed by atoms with van der Waals surface area (Å²) in [4.78, 5) is 14.2. The van der Waals surface area contributed by atoms with Crippen LogP contribution in [0.15, 0.2) is 55.1 Å². The van der Waals surface area contributed by atoms with Crippen LogP contribution >= 0.6 is 23.2 Å². The molecule has 0 bridgehead atoms. The Morgan fingerprint density at radius 1 is 1.19 bits per heavy atom. The lowest BCUT2D eigenvalue weighted by molar-refractivity contribution is -0.0528. The minimum absolute atomic E-state index is 0.269. The number of carbonyl (C=O) groups is 1. The summed E-state index contributed by atoms with van der Waals surface area (Å²) in [5.41, 5.74) is 0.598. The van der Waals surface area contributed by atoms with Crippen molar-refractivity contribution in [3.63, 3.8) is 0 Å². The first-order valence-electron chi connectivity index (χ1n) is 8.23. The first kappa shape index (κ1) is 18.7. The molecule has 0 saturated carbocycles. The Morgan fingerprint density at radius 3 is 2.42 bits per heavy atom. The molecule has 0 aliphatic carbocycles. The zero-order valence-corrected chi connectivity index (χ0v) is 15.6. The number of rotatable bonds is 5. The summed E-state index contributed by atoms with van der Waals surface area (Å²) in [6.45, 7) is 4.50. The van der Waals surface area contributed by atoms with E-state index in [0.717, 1.165) is 5.56 Å². The molecule has 1 saturated heterocycles. The van der Waals surface area contributed by atoms with Crippen LogP contribution in [0, 0.1) is 5.82 Å². The van der Waals surface area contributed by atoms with Gasteiger partial charge in [-0.15, -0.1) is 6.58 Å². The highest BCUT2D eigenvalue weighted by Crippen LogP contribution is 2.38. The van der Waals surface area contributed by atoms with E-state index < -0.39 is 11.7 Å². The summed E-state index contributed by atoms with van der Waals surface area (Å²) in [5.74, 6) is -0.334. The minimum Gasteiger partial charge on any atom is -0.437 e. The van der Waals surface area contributed by atoms with E-state index in [4.69, 9.17) is 27.9 Å². The molecule has 0 radical (unpaired) electrons. The number of nitrogens with zero attached hydrogens (tertiary/aromatic N) is 1. The predicted molar refractivity (Wildman–Crippen MR) is 101 cm³/mol. The van der Waals surface area contributed by atoms with Gasteiger partial charge in [-0.3, -0.25) is 0 Å². The van der Waals surface area contributed by atoms with Crippen LogP contribution in [0.5, 0.6) is 0 Å². The van der Waals surface area contributed by atoms with Gasteiger partial charge in [0.1, 0.15) is 11.4 Å². The van der Waals surface area contributed by atoms with Crippen molar-refractivity contribution in [2.24, 2.45) is 0 Å². The number of benzene rings is 2. The highest BCUT2D eigenvalue weighted by molar-refractivity contribution is 6.36. The third-order valence-electron chi connectivity index (χ3n) is 4.58. The number of ether oxygens (including phenoxy) is 1. The molecule has 1 atom stereocenters. The van der Waals surface area contributed by atoms with Gasteiger partial charge in [-0.1, -0.05) is 47.5 Å². The number of carbonyl (C=O) groups excluding carboxylic acids is 1. The van der Waals surface area contributed by atoms with E-state index in [9.17, 15) is 9.18 Å². The van der Waals surface area contributed by atoms with Crippen LogP contribution in [-0.4, -0.2) is 17.5 Å². The maximum atomic E-state index is 13.3. The Bertz CT molecular complexity index is 805. The molecule has 3 nitrogen and oxygen atoms in total. The molecule has 1 aliphatic heterocycles. The second kappa shape index (κ2) is 7.68. The lowest BCUT2D eigenvalue weighted by Crippen LogP contribution is -2.47. The third kappa shape index (κ3) is 3.71. The van der Waals surface area contributed by atoms with E-state index in [1.165, 1.54) is 12.1 Å². The molecule has 2 aromatic rings. The van der Waals surface area contributed by atoms with Crippen LogP contribution in [0.25, 0.3) is 0 Å². The first-order chi connectivity index (χ1) is 12.4. The SMILES string of the molecule is C=CCC1(c2ccc(F)cc2)CCN(Cc2c(Cl)cccc2Cl)C(=O)O1. The molecular weight excluding hydrogens is 376 g/mol. The normalized spacial score (nSPS) is 20.0. The summed E-state index contributed by atoms with van der Waals surface area (Å²) in [6, 6.07) is 11.2. The van der Waals surface area contributed by atoms with E-state index in [2.05, 4.69) is 6.58 Å². The molecule has 3 rings (SSSR count). The Labute approximate surface area is 162 Å². The summed E-state index contributed by atoms with van der Waals surface area (Å²) in [7, 11) is 0. The Hall–Kier alpha value is -2.04. The molecule has 0 N–H and O–H groups in total. The zero-order valence-electron chi connectivity index (χ0n) is 14.1. The van der Waals surface area contributed by atoms with Gasteiger partial charge in [0, 0.05) is 35.0 Å². The quantitative estimate of drug-likeness (QED) is 0.587. The van der Waals surface area contributed by atoms with Crippen LogP contribution in [0.2, 0.25) is 10.0 Å². The minimum atomic E-state index is -0.840. The standard InChI is InChI=1S/C20H18Cl2FNO2/c1-2-10-20(14-6-8-15(23)9-7-14)11-12-24(19(25)26-20)13-16-17(21)4-3-5-18(16)22/h2-9H,1,10-13H2. The Balaban J connectivity index is 1.82. The maximum Gasteiger partial charge on any atom is 0.410 e. The molecule has 1 heterocycles. The van der Waals surface area contributed by atoms with Crippen molar-refractivity contribution in [1.29, 1.82) is 0 Å². The fourth-order valence-electron chi connectivity index (χ4n) is 3.16. The summed E-state index contributed by atoms with van der Waals surface area (Å²) in [5, 5.41) is 1.01. The van der Waals surface area contributed by atoms with Crippen molar-refractivity contribution in [1.82, 2.24) is 4.90 Å². The van der Waals surface area contributed by atoms with Gasteiger partial charge in [0.05, 0.1) is 6.54 Å². The van der Waals surface area contributed by atoms with Gasteiger partial charge in [-0.25, -0.2) is 9.18 Å². The maximum absolute atomic E-state index is 13.3. The van der Waals surface area contributed by atoms with Crippen molar-refractivity contribution in [3.8, 4) is 0 Å². The summed E-state index contributed by atoms with van der Waals surface area (Å²) in [6.07, 6.45) is 2.25. The number of amides is 1. The molecule has 26 heavy (non-hydrogen) atoms. The molecule has 136 valence electrons. The number of halogens is 3. The van der Waals surface area contributed by atoms with Crippen LogP contribution < -0.4 is 0 Å². The monoisotopic (exact) mass is 393 g/mol.